The number of rotatable bonds is 5. The van der Waals surface area contributed by atoms with E-state index in [4.69, 9.17) is 9.26 Å². The molecule has 8 heteroatoms. The molecule has 0 N–H and O–H groups in total. The van der Waals surface area contributed by atoms with Crippen LogP contribution in [0.2, 0.25) is 0 Å². The molecular formula is C16H17F2N3O3. The zero-order valence-corrected chi connectivity index (χ0v) is 13.3. The number of carbonyl (C=O) groups excluding carboxylic acids is 1. The Hall–Kier alpha value is -2.35. The van der Waals surface area contributed by atoms with E-state index < -0.39 is 17.6 Å². The molecule has 1 saturated heterocycles. The lowest BCUT2D eigenvalue weighted by atomic mass is 9.96. The van der Waals surface area contributed by atoms with Crippen molar-refractivity contribution in [2.24, 2.45) is 0 Å². The van der Waals surface area contributed by atoms with E-state index in [1.54, 1.807) is 6.92 Å². The summed E-state index contributed by atoms with van der Waals surface area (Å²) in [4.78, 5) is 17.9. The van der Waals surface area contributed by atoms with E-state index in [2.05, 4.69) is 10.1 Å². The Morgan fingerprint density at radius 3 is 2.67 bits per heavy atom. The van der Waals surface area contributed by atoms with Gasteiger partial charge in [0.15, 0.2) is 5.82 Å². The van der Waals surface area contributed by atoms with E-state index in [0.717, 1.165) is 12.1 Å². The van der Waals surface area contributed by atoms with Crippen LogP contribution in [0.25, 0.3) is 0 Å². The fourth-order valence-corrected chi connectivity index (χ4v) is 2.63. The first-order valence-electron chi connectivity index (χ1n) is 7.59. The molecule has 2 heterocycles. The Balaban J connectivity index is 1.52. The van der Waals surface area contributed by atoms with Gasteiger partial charge in [0.1, 0.15) is 18.2 Å². The van der Waals surface area contributed by atoms with Crippen LogP contribution < -0.4 is 0 Å². The van der Waals surface area contributed by atoms with Gasteiger partial charge >= 0.3 is 0 Å². The number of aryl methyl sites for hydroxylation is 1. The monoisotopic (exact) mass is 337 g/mol. The third-order valence-electron chi connectivity index (χ3n) is 3.98. The van der Waals surface area contributed by atoms with Gasteiger partial charge in [-0.15, -0.1) is 0 Å². The quantitative estimate of drug-likeness (QED) is 0.836. The molecule has 0 bridgehead atoms. The third-order valence-corrected chi connectivity index (χ3v) is 3.98. The molecule has 1 aromatic carbocycles. The van der Waals surface area contributed by atoms with Crippen LogP contribution in [0.5, 0.6) is 0 Å². The average Bonchev–Trinajstić information content (AvgIpc) is 2.90. The van der Waals surface area contributed by atoms with Gasteiger partial charge in [-0.05, 0) is 26.0 Å². The van der Waals surface area contributed by atoms with Crippen molar-refractivity contribution >= 4 is 5.91 Å². The van der Waals surface area contributed by atoms with Gasteiger partial charge in [0.05, 0.1) is 12.0 Å². The number of hydrogen-bond acceptors (Lipinski definition) is 5. The molecule has 1 amide bonds. The summed E-state index contributed by atoms with van der Waals surface area (Å²) in [6, 6.07) is 3.57. The van der Waals surface area contributed by atoms with Gasteiger partial charge < -0.3 is 14.2 Å². The molecule has 1 fully saturated rings. The van der Waals surface area contributed by atoms with Gasteiger partial charge in [-0.25, -0.2) is 8.78 Å². The number of ether oxygens (including phenoxy) is 1. The predicted octanol–water partition coefficient (Wildman–Crippen LogP) is 2.19. The fourth-order valence-electron chi connectivity index (χ4n) is 2.63. The predicted molar refractivity (Wildman–Crippen MR) is 79.0 cm³/mol. The SMILES string of the molecule is Cc1noc(COC2CN(C(=O)C(C)c3c(F)cccc3F)C2)n1. The van der Waals surface area contributed by atoms with E-state index in [-0.39, 0.29) is 24.2 Å². The molecule has 24 heavy (non-hydrogen) atoms. The number of likely N-dealkylation sites (tertiary alicyclic amines) is 1. The van der Waals surface area contributed by atoms with Crippen molar-refractivity contribution in [2.45, 2.75) is 32.5 Å². The Kier molecular flexibility index (Phi) is 4.57. The van der Waals surface area contributed by atoms with Gasteiger partial charge in [0, 0.05) is 18.7 Å². The molecule has 128 valence electrons. The molecule has 0 saturated carbocycles. The highest BCUT2D eigenvalue weighted by Gasteiger charge is 2.35. The van der Waals surface area contributed by atoms with Crippen molar-refractivity contribution in [3.63, 3.8) is 0 Å². The van der Waals surface area contributed by atoms with Gasteiger partial charge in [0.2, 0.25) is 5.91 Å². The van der Waals surface area contributed by atoms with Crippen LogP contribution in [-0.4, -0.2) is 40.1 Å². The molecule has 3 rings (SSSR count). The van der Waals surface area contributed by atoms with Crippen LogP contribution in [0.15, 0.2) is 22.7 Å². The van der Waals surface area contributed by atoms with E-state index >= 15 is 0 Å². The lowest BCUT2D eigenvalue weighted by Gasteiger charge is -2.40. The van der Waals surface area contributed by atoms with Crippen molar-refractivity contribution in [3.8, 4) is 0 Å². The maximum absolute atomic E-state index is 13.8. The molecule has 1 unspecified atom stereocenters. The summed E-state index contributed by atoms with van der Waals surface area (Å²) in [5.74, 6) is -1.73. The maximum Gasteiger partial charge on any atom is 0.252 e. The van der Waals surface area contributed by atoms with Crippen LogP contribution in [-0.2, 0) is 16.1 Å². The Morgan fingerprint density at radius 2 is 2.08 bits per heavy atom. The summed E-state index contributed by atoms with van der Waals surface area (Å²) in [7, 11) is 0. The number of amides is 1. The van der Waals surface area contributed by atoms with Crippen molar-refractivity contribution in [1.29, 1.82) is 0 Å². The van der Waals surface area contributed by atoms with Crippen LogP contribution >= 0.6 is 0 Å². The van der Waals surface area contributed by atoms with Crippen molar-refractivity contribution in [3.05, 3.63) is 47.1 Å². The molecule has 6 nitrogen and oxygen atoms in total. The van der Waals surface area contributed by atoms with E-state index in [9.17, 15) is 13.6 Å². The molecule has 0 radical (unpaired) electrons. The second-order valence-corrected chi connectivity index (χ2v) is 5.77. The standard InChI is InChI=1S/C16H17F2N3O3/c1-9(15-12(17)4-3-5-13(15)18)16(22)21-6-11(7-21)23-8-14-19-10(2)20-24-14/h3-5,9,11H,6-8H2,1-2H3. The zero-order valence-electron chi connectivity index (χ0n) is 13.3. The molecule has 0 aliphatic carbocycles. The van der Waals surface area contributed by atoms with Gasteiger partial charge in [0.25, 0.3) is 5.89 Å². The van der Waals surface area contributed by atoms with Crippen molar-refractivity contribution < 1.29 is 22.8 Å². The summed E-state index contributed by atoms with van der Waals surface area (Å²) in [5, 5.41) is 3.65. The van der Waals surface area contributed by atoms with E-state index in [1.165, 1.54) is 17.9 Å². The average molecular weight is 337 g/mol. The largest absolute Gasteiger partial charge is 0.365 e. The molecule has 1 aromatic heterocycles. The number of nitrogens with zero attached hydrogens (tertiary/aromatic N) is 3. The Labute approximate surface area is 137 Å². The number of halogens is 2. The third kappa shape index (κ3) is 3.28. The second kappa shape index (κ2) is 6.64. The van der Waals surface area contributed by atoms with Gasteiger partial charge in [-0.2, -0.15) is 4.98 Å². The first-order valence-corrected chi connectivity index (χ1v) is 7.59. The number of carbonyl (C=O) groups is 1. The summed E-state index contributed by atoms with van der Waals surface area (Å²) in [6.07, 6.45) is -0.154. The summed E-state index contributed by atoms with van der Waals surface area (Å²) < 4.78 is 38.0. The number of benzene rings is 1. The maximum atomic E-state index is 13.8. The van der Waals surface area contributed by atoms with Crippen molar-refractivity contribution in [2.75, 3.05) is 13.1 Å². The highest BCUT2D eigenvalue weighted by atomic mass is 19.1. The Morgan fingerprint density at radius 1 is 1.42 bits per heavy atom. The molecule has 1 atom stereocenters. The molecule has 2 aromatic rings. The highest BCUT2D eigenvalue weighted by molar-refractivity contribution is 5.84. The Bertz CT molecular complexity index is 724. The smallest absolute Gasteiger partial charge is 0.252 e. The van der Waals surface area contributed by atoms with Crippen LogP contribution in [0.3, 0.4) is 0 Å². The minimum absolute atomic E-state index is 0.154. The van der Waals surface area contributed by atoms with Crippen LogP contribution in [0.1, 0.15) is 30.1 Å². The summed E-state index contributed by atoms with van der Waals surface area (Å²) in [5.41, 5.74) is -0.201. The first-order chi connectivity index (χ1) is 11.5. The molecule has 0 spiro atoms. The molecular weight excluding hydrogens is 320 g/mol. The summed E-state index contributed by atoms with van der Waals surface area (Å²) >= 11 is 0. The molecule has 1 aliphatic heterocycles. The number of aromatic nitrogens is 2. The lowest BCUT2D eigenvalue weighted by Crippen LogP contribution is -2.55. The topological polar surface area (TPSA) is 68.5 Å². The highest BCUT2D eigenvalue weighted by Crippen LogP contribution is 2.26. The van der Waals surface area contributed by atoms with E-state index in [1.807, 2.05) is 0 Å². The zero-order chi connectivity index (χ0) is 17.3. The normalized spacial score (nSPS) is 16.1. The minimum Gasteiger partial charge on any atom is -0.365 e. The van der Waals surface area contributed by atoms with E-state index in [0.29, 0.717) is 24.8 Å². The number of hydrogen-bond donors (Lipinski definition) is 0. The van der Waals surface area contributed by atoms with Crippen LogP contribution in [0.4, 0.5) is 8.78 Å². The van der Waals surface area contributed by atoms with Crippen molar-refractivity contribution in [1.82, 2.24) is 15.0 Å². The minimum atomic E-state index is -0.884. The fraction of sp³-hybridized carbons (Fsp3) is 0.438. The lowest BCUT2D eigenvalue weighted by molar-refractivity contribution is -0.147. The molecule has 1 aliphatic rings. The van der Waals surface area contributed by atoms with Gasteiger partial charge in [-0.1, -0.05) is 11.2 Å². The summed E-state index contributed by atoms with van der Waals surface area (Å²) in [6.45, 7) is 4.11. The van der Waals surface area contributed by atoms with Gasteiger partial charge in [-0.3, -0.25) is 4.79 Å². The second-order valence-electron chi connectivity index (χ2n) is 5.77. The van der Waals surface area contributed by atoms with Crippen LogP contribution in [0, 0.1) is 18.6 Å². The first kappa shape index (κ1) is 16.5.